The van der Waals surface area contributed by atoms with Crippen LogP contribution in [0.25, 0.3) is 0 Å². The molecule has 1 N–H and O–H groups in total. The number of aliphatic hydroxyl groups excluding tert-OH is 1. The number of benzene rings is 1. The third kappa shape index (κ3) is 2.38. The molecule has 0 bridgehead atoms. The van der Waals surface area contributed by atoms with Crippen LogP contribution in [0.3, 0.4) is 0 Å². The van der Waals surface area contributed by atoms with Crippen LogP contribution in [0.1, 0.15) is 36.0 Å². The van der Waals surface area contributed by atoms with E-state index in [0.717, 1.165) is 25.7 Å². The highest BCUT2D eigenvalue weighted by Crippen LogP contribution is 2.30. The maximum absolute atomic E-state index is 13.9. The van der Waals surface area contributed by atoms with Gasteiger partial charge in [-0.3, -0.25) is 4.79 Å². The second kappa shape index (κ2) is 5.48. The first-order valence-electron chi connectivity index (χ1n) is 6.29. The summed E-state index contributed by atoms with van der Waals surface area (Å²) in [6.45, 7) is 0. The van der Waals surface area contributed by atoms with Crippen LogP contribution in [0.2, 0.25) is 0 Å². The fraction of sp³-hybridized carbons (Fsp3) is 0.500. The molecule has 2 rings (SSSR count). The third-order valence-corrected chi connectivity index (χ3v) is 3.69. The van der Waals surface area contributed by atoms with Gasteiger partial charge >= 0.3 is 0 Å². The minimum atomic E-state index is -0.456. The molecule has 3 nitrogen and oxygen atoms in total. The molecule has 0 radical (unpaired) electrons. The summed E-state index contributed by atoms with van der Waals surface area (Å²) in [5, 5.41) is 10.0. The quantitative estimate of drug-likeness (QED) is 0.838. The van der Waals surface area contributed by atoms with Crippen molar-refractivity contribution in [3.05, 3.63) is 29.6 Å². The lowest BCUT2D eigenvalue weighted by Crippen LogP contribution is -2.44. The number of aliphatic hydroxyl groups is 1. The third-order valence-electron chi connectivity index (χ3n) is 3.69. The molecule has 98 valence electrons. The summed E-state index contributed by atoms with van der Waals surface area (Å²) < 4.78 is 13.9. The Morgan fingerprint density at radius 2 is 2.11 bits per heavy atom. The zero-order valence-electron chi connectivity index (χ0n) is 10.5. The van der Waals surface area contributed by atoms with Gasteiger partial charge in [0.05, 0.1) is 17.8 Å². The average molecular weight is 251 g/mol. The average Bonchev–Trinajstić information content (AvgIpc) is 2.38. The lowest BCUT2D eigenvalue weighted by molar-refractivity contribution is 0.105. The van der Waals surface area contributed by atoms with Crippen LogP contribution in [0, 0.1) is 5.82 Å². The number of para-hydroxylation sites is 1. The Hall–Kier alpha value is -1.42. The zero-order valence-corrected chi connectivity index (χ0v) is 10.5. The molecule has 1 fully saturated rings. The molecule has 1 aromatic rings. The van der Waals surface area contributed by atoms with Crippen molar-refractivity contribution in [3.63, 3.8) is 0 Å². The summed E-state index contributed by atoms with van der Waals surface area (Å²) in [6, 6.07) is 4.34. The van der Waals surface area contributed by atoms with Crippen molar-refractivity contribution in [2.45, 2.75) is 37.8 Å². The smallest absolute Gasteiger partial charge is 0.152 e. The topological polar surface area (TPSA) is 40.5 Å². The number of hydrogen-bond donors (Lipinski definition) is 1. The van der Waals surface area contributed by atoms with Crippen LogP contribution in [0.5, 0.6) is 0 Å². The van der Waals surface area contributed by atoms with E-state index >= 15 is 0 Å². The highest BCUT2D eigenvalue weighted by Gasteiger charge is 2.29. The van der Waals surface area contributed by atoms with Gasteiger partial charge in [-0.25, -0.2) is 4.39 Å². The van der Waals surface area contributed by atoms with Crippen LogP contribution in [-0.2, 0) is 0 Å². The van der Waals surface area contributed by atoms with Gasteiger partial charge in [0.1, 0.15) is 5.82 Å². The Morgan fingerprint density at radius 1 is 1.39 bits per heavy atom. The molecular formula is C14H18FNO2. The summed E-state index contributed by atoms with van der Waals surface area (Å²) in [4.78, 5) is 12.7. The molecule has 0 heterocycles. The van der Waals surface area contributed by atoms with Gasteiger partial charge in [-0.1, -0.05) is 18.9 Å². The highest BCUT2D eigenvalue weighted by molar-refractivity contribution is 5.84. The first-order valence-corrected chi connectivity index (χ1v) is 6.29. The van der Waals surface area contributed by atoms with Gasteiger partial charge in [0.25, 0.3) is 0 Å². The number of hydrogen-bond acceptors (Lipinski definition) is 3. The van der Waals surface area contributed by atoms with Gasteiger partial charge in [-0.05, 0) is 25.0 Å². The van der Waals surface area contributed by atoms with Crippen LogP contribution < -0.4 is 4.90 Å². The van der Waals surface area contributed by atoms with E-state index in [1.165, 1.54) is 12.1 Å². The van der Waals surface area contributed by atoms with E-state index in [1.807, 2.05) is 0 Å². The monoisotopic (exact) mass is 251 g/mol. The van der Waals surface area contributed by atoms with Gasteiger partial charge in [-0.15, -0.1) is 0 Å². The molecule has 1 aliphatic carbocycles. The fourth-order valence-corrected chi connectivity index (χ4v) is 2.71. The summed E-state index contributed by atoms with van der Waals surface area (Å²) >= 11 is 0. The molecule has 0 spiro atoms. The van der Waals surface area contributed by atoms with Crippen molar-refractivity contribution in [2.75, 3.05) is 11.9 Å². The number of likely N-dealkylation sites (N-methyl/N-ethyl adjacent to an activating group) is 1. The highest BCUT2D eigenvalue weighted by atomic mass is 19.1. The fourth-order valence-electron chi connectivity index (χ4n) is 2.71. The van der Waals surface area contributed by atoms with Crippen molar-refractivity contribution >= 4 is 12.0 Å². The summed E-state index contributed by atoms with van der Waals surface area (Å²) in [7, 11) is 1.74. The van der Waals surface area contributed by atoms with Gasteiger partial charge in [0, 0.05) is 12.6 Å². The van der Waals surface area contributed by atoms with Gasteiger partial charge < -0.3 is 10.0 Å². The Bertz CT molecular complexity index is 436. The number of rotatable bonds is 3. The Kier molecular flexibility index (Phi) is 3.97. The molecule has 0 amide bonds. The minimum absolute atomic E-state index is 0.116. The SMILES string of the molecule is CN(c1c(F)cccc1C=O)C1CCCCC1O. The second-order valence-corrected chi connectivity index (χ2v) is 4.83. The standard InChI is InChI=1S/C14H18FNO2/c1-16(12-7-2-3-8-13(12)18)14-10(9-17)5-4-6-11(14)15/h4-6,9,12-13,18H,2-3,7-8H2,1H3. The van der Waals surface area contributed by atoms with E-state index in [2.05, 4.69) is 0 Å². The Balaban J connectivity index is 2.32. The summed E-state index contributed by atoms with van der Waals surface area (Å²) in [5.41, 5.74) is 0.619. The molecule has 4 heteroatoms. The number of aldehydes is 1. The van der Waals surface area contributed by atoms with Gasteiger partial charge in [-0.2, -0.15) is 0 Å². The second-order valence-electron chi connectivity index (χ2n) is 4.83. The van der Waals surface area contributed by atoms with E-state index < -0.39 is 11.9 Å². The lowest BCUT2D eigenvalue weighted by atomic mass is 9.91. The predicted molar refractivity (Wildman–Crippen MR) is 68.5 cm³/mol. The largest absolute Gasteiger partial charge is 0.391 e. The molecule has 0 aromatic heterocycles. The number of anilines is 1. The maximum atomic E-state index is 13.9. The first-order chi connectivity index (χ1) is 8.65. The predicted octanol–water partition coefficient (Wildman–Crippen LogP) is 2.38. The van der Waals surface area contributed by atoms with Gasteiger partial charge in [0.15, 0.2) is 6.29 Å². The van der Waals surface area contributed by atoms with E-state index in [9.17, 15) is 14.3 Å². The number of carbonyl (C=O) groups excluding carboxylic acids is 1. The van der Waals surface area contributed by atoms with Crippen molar-refractivity contribution in [2.24, 2.45) is 0 Å². The van der Waals surface area contributed by atoms with Crippen LogP contribution in [-0.4, -0.2) is 30.6 Å². The van der Waals surface area contributed by atoms with E-state index in [1.54, 1.807) is 18.0 Å². The first kappa shape index (κ1) is 13.0. The minimum Gasteiger partial charge on any atom is -0.391 e. The number of halogens is 1. The van der Waals surface area contributed by atoms with Gasteiger partial charge in [0.2, 0.25) is 0 Å². The van der Waals surface area contributed by atoms with Crippen LogP contribution in [0.4, 0.5) is 10.1 Å². The van der Waals surface area contributed by atoms with E-state index in [-0.39, 0.29) is 6.04 Å². The maximum Gasteiger partial charge on any atom is 0.152 e. The van der Waals surface area contributed by atoms with Crippen molar-refractivity contribution in [1.82, 2.24) is 0 Å². The molecule has 2 unspecified atom stereocenters. The molecule has 2 atom stereocenters. The molecule has 0 saturated heterocycles. The van der Waals surface area contributed by atoms with Crippen molar-refractivity contribution in [3.8, 4) is 0 Å². The zero-order chi connectivity index (χ0) is 13.1. The molecule has 0 aliphatic heterocycles. The normalized spacial score (nSPS) is 23.7. The van der Waals surface area contributed by atoms with E-state index in [4.69, 9.17) is 0 Å². The number of nitrogens with zero attached hydrogens (tertiary/aromatic N) is 1. The molecule has 18 heavy (non-hydrogen) atoms. The van der Waals surface area contributed by atoms with Crippen LogP contribution >= 0.6 is 0 Å². The van der Waals surface area contributed by atoms with Crippen molar-refractivity contribution in [1.29, 1.82) is 0 Å². The van der Waals surface area contributed by atoms with Crippen molar-refractivity contribution < 1.29 is 14.3 Å². The summed E-state index contributed by atoms with van der Waals surface area (Å²) in [5.74, 6) is -0.417. The Morgan fingerprint density at radius 3 is 2.78 bits per heavy atom. The molecular weight excluding hydrogens is 233 g/mol. The molecule has 1 aromatic carbocycles. The molecule has 1 aliphatic rings. The number of carbonyl (C=O) groups is 1. The molecule has 1 saturated carbocycles. The summed E-state index contributed by atoms with van der Waals surface area (Å²) in [6.07, 6.45) is 3.79. The Labute approximate surface area is 106 Å². The lowest BCUT2D eigenvalue weighted by Gasteiger charge is -2.37. The van der Waals surface area contributed by atoms with E-state index in [0.29, 0.717) is 17.5 Å². The van der Waals surface area contributed by atoms with Crippen LogP contribution in [0.15, 0.2) is 18.2 Å².